The van der Waals surface area contributed by atoms with Gasteiger partial charge in [-0.25, -0.2) is 4.99 Å². The molecule has 2 aromatic rings. The number of rotatable bonds is 5. The topological polar surface area (TPSA) is 95.7 Å². The molecule has 2 N–H and O–H groups in total. The lowest BCUT2D eigenvalue weighted by Gasteiger charge is -2.14. The van der Waals surface area contributed by atoms with Crippen LogP contribution in [0.3, 0.4) is 0 Å². The van der Waals surface area contributed by atoms with Gasteiger partial charge < -0.3 is 14.8 Å². The van der Waals surface area contributed by atoms with E-state index in [-0.39, 0.29) is 5.91 Å². The van der Waals surface area contributed by atoms with Gasteiger partial charge in [0, 0.05) is 17.7 Å². The first-order valence-corrected chi connectivity index (χ1v) is 8.75. The summed E-state index contributed by atoms with van der Waals surface area (Å²) in [5.41, 5.74) is 1.45. The Morgan fingerprint density at radius 3 is 2.42 bits per heavy atom. The fourth-order valence-electron chi connectivity index (χ4n) is 2.13. The summed E-state index contributed by atoms with van der Waals surface area (Å²) in [4.78, 5) is 16.7. The van der Waals surface area contributed by atoms with Crippen LogP contribution < -0.4 is 20.1 Å². The highest BCUT2D eigenvalue weighted by Gasteiger charge is 2.15. The number of carbonyl (C=O) groups is 1. The average molecular weight is 370 g/mol. The second-order valence-electron chi connectivity index (χ2n) is 4.90. The molecule has 0 saturated carbocycles. The Bertz CT molecular complexity index is 848. The minimum Gasteiger partial charge on any atom is -0.494 e. The van der Waals surface area contributed by atoms with Crippen LogP contribution in [0.15, 0.2) is 47.5 Å². The van der Waals surface area contributed by atoms with Crippen LogP contribution in [0.25, 0.3) is 0 Å². The fourth-order valence-corrected chi connectivity index (χ4v) is 2.47. The van der Waals surface area contributed by atoms with Crippen molar-refractivity contribution in [3.8, 4) is 17.7 Å². The highest BCUT2D eigenvalue weighted by Crippen LogP contribution is 2.38. The van der Waals surface area contributed by atoms with Gasteiger partial charge in [0.1, 0.15) is 17.2 Å². The van der Waals surface area contributed by atoms with Crippen LogP contribution in [0.2, 0.25) is 0 Å². The molecule has 0 fully saturated rings. The molecule has 0 aliphatic carbocycles. The lowest BCUT2D eigenvalue weighted by molar-refractivity contribution is 0.102. The summed E-state index contributed by atoms with van der Waals surface area (Å²) in [5, 5.41) is 14.5. The smallest absolute Gasteiger partial charge is 0.255 e. The molecule has 0 saturated heterocycles. The fraction of sp³-hybridized carbons (Fsp3) is 0.167. The van der Waals surface area contributed by atoms with E-state index < -0.39 is 0 Å². The zero-order valence-corrected chi connectivity index (χ0v) is 15.4. The summed E-state index contributed by atoms with van der Waals surface area (Å²) < 4.78 is 10.7. The minimum atomic E-state index is -0.266. The molecule has 2 rings (SSSR count). The standard InChI is InChI=1S/C18H18N4O3S/c1-24-15-10-14(22-18(26-3)20-11-19)16(25-2)9-13(15)21-17(23)12-7-5-4-6-8-12/h4-10H,1-3H3,(H,20,22)(H,21,23). The number of ether oxygens (including phenoxy) is 2. The molecule has 0 aliphatic heterocycles. The monoisotopic (exact) mass is 370 g/mol. The van der Waals surface area contributed by atoms with Crippen molar-refractivity contribution >= 4 is 34.2 Å². The van der Waals surface area contributed by atoms with Gasteiger partial charge in [-0.2, -0.15) is 5.26 Å². The van der Waals surface area contributed by atoms with Crippen LogP contribution in [-0.2, 0) is 0 Å². The van der Waals surface area contributed by atoms with Crippen LogP contribution in [0.1, 0.15) is 10.4 Å². The van der Waals surface area contributed by atoms with Crippen molar-refractivity contribution in [3.63, 3.8) is 0 Å². The molecule has 0 bridgehead atoms. The van der Waals surface area contributed by atoms with Gasteiger partial charge in [-0.3, -0.25) is 10.1 Å². The first kappa shape index (κ1) is 19.1. The van der Waals surface area contributed by atoms with E-state index in [2.05, 4.69) is 15.6 Å². The Balaban J connectivity index is 2.39. The third kappa shape index (κ3) is 4.68. The van der Waals surface area contributed by atoms with Gasteiger partial charge in [0.25, 0.3) is 5.91 Å². The van der Waals surface area contributed by atoms with Crippen LogP contribution in [-0.4, -0.2) is 31.6 Å². The van der Waals surface area contributed by atoms with Crippen LogP contribution >= 0.6 is 11.8 Å². The van der Waals surface area contributed by atoms with Crippen LogP contribution in [0.4, 0.5) is 11.4 Å². The summed E-state index contributed by atoms with van der Waals surface area (Å²) in [5.74, 6) is 0.588. The highest BCUT2D eigenvalue weighted by molar-refractivity contribution is 8.13. The maximum atomic E-state index is 12.4. The van der Waals surface area contributed by atoms with Gasteiger partial charge >= 0.3 is 0 Å². The molecule has 0 aliphatic rings. The number of carbonyl (C=O) groups excluding carboxylic acids is 1. The Morgan fingerprint density at radius 1 is 1.15 bits per heavy atom. The van der Waals surface area contributed by atoms with E-state index in [1.165, 1.54) is 26.0 Å². The predicted molar refractivity (Wildman–Crippen MR) is 103 cm³/mol. The Labute approximate surface area is 156 Å². The zero-order chi connectivity index (χ0) is 18.9. The molecule has 0 radical (unpaired) electrons. The molecule has 2 aromatic carbocycles. The van der Waals surface area contributed by atoms with Crippen molar-refractivity contribution in [2.24, 2.45) is 4.99 Å². The van der Waals surface area contributed by atoms with Crippen LogP contribution in [0.5, 0.6) is 11.5 Å². The van der Waals surface area contributed by atoms with Crippen molar-refractivity contribution in [1.29, 1.82) is 5.26 Å². The number of nitrogens with zero attached hydrogens (tertiary/aromatic N) is 2. The first-order chi connectivity index (χ1) is 12.6. The highest BCUT2D eigenvalue weighted by atomic mass is 32.2. The van der Waals surface area contributed by atoms with Crippen molar-refractivity contribution < 1.29 is 14.3 Å². The molecular weight excluding hydrogens is 352 g/mol. The van der Waals surface area contributed by atoms with E-state index in [9.17, 15) is 4.79 Å². The number of amides is 1. The number of nitriles is 1. The molecule has 8 heteroatoms. The Kier molecular flexibility index (Phi) is 6.88. The number of thioether (sulfide) groups is 1. The average Bonchev–Trinajstić information content (AvgIpc) is 2.68. The number of aliphatic imine (C=N–C) groups is 1. The van der Waals surface area contributed by atoms with E-state index in [0.717, 1.165) is 0 Å². The minimum absolute atomic E-state index is 0.266. The number of nitrogens with one attached hydrogen (secondary N) is 2. The number of hydrogen-bond acceptors (Lipinski definition) is 6. The van der Waals surface area contributed by atoms with Crippen molar-refractivity contribution in [3.05, 3.63) is 48.0 Å². The summed E-state index contributed by atoms with van der Waals surface area (Å²) in [6.45, 7) is 0. The van der Waals surface area contributed by atoms with E-state index in [0.29, 0.717) is 33.6 Å². The Hall–Kier alpha value is -3.18. The van der Waals surface area contributed by atoms with E-state index in [4.69, 9.17) is 14.7 Å². The van der Waals surface area contributed by atoms with E-state index >= 15 is 0 Å². The summed E-state index contributed by atoms with van der Waals surface area (Å²) in [6.07, 6.45) is 3.62. The van der Waals surface area contributed by atoms with Gasteiger partial charge in [0.15, 0.2) is 11.4 Å². The second-order valence-corrected chi connectivity index (χ2v) is 5.70. The van der Waals surface area contributed by atoms with Gasteiger partial charge in [-0.1, -0.05) is 30.0 Å². The first-order valence-electron chi connectivity index (χ1n) is 7.53. The summed E-state index contributed by atoms with van der Waals surface area (Å²) in [6, 6.07) is 12.1. The van der Waals surface area contributed by atoms with Gasteiger partial charge in [-0.15, -0.1) is 0 Å². The lowest BCUT2D eigenvalue weighted by Crippen LogP contribution is -2.13. The summed E-state index contributed by atoms with van der Waals surface area (Å²) in [7, 11) is 3.00. The number of methoxy groups -OCH3 is 2. The molecule has 134 valence electrons. The largest absolute Gasteiger partial charge is 0.494 e. The molecule has 0 heterocycles. The maximum Gasteiger partial charge on any atom is 0.255 e. The second kappa shape index (κ2) is 9.34. The maximum absolute atomic E-state index is 12.4. The van der Waals surface area contributed by atoms with Gasteiger partial charge in [0.2, 0.25) is 0 Å². The molecule has 0 atom stereocenters. The molecule has 7 nitrogen and oxygen atoms in total. The molecule has 0 spiro atoms. The van der Waals surface area contributed by atoms with Crippen LogP contribution in [0, 0.1) is 11.5 Å². The van der Waals surface area contributed by atoms with Gasteiger partial charge in [-0.05, 0) is 18.4 Å². The van der Waals surface area contributed by atoms with Crippen molar-refractivity contribution in [2.45, 2.75) is 0 Å². The van der Waals surface area contributed by atoms with Crippen molar-refractivity contribution in [1.82, 2.24) is 5.32 Å². The lowest BCUT2D eigenvalue weighted by atomic mass is 10.2. The zero-order valence-electron chi connectivity index (χ0n) is 14.6. The Morgan fingerprint density at radius 2 is 1.85 bits per heavy atom. The quantitative estimate of drug-likeness (QED) is 0.363. The molecule has 26 heavy (non-hydrogen) atoms. The summed E-state index contributed by atoms with van der Waals surface area (Å²) >= 11 is 1.28. The molecular formula is C18H18N4O3S. The normalized spacial score (nSPS) is 10.6. The number of benzene rings is 2. The third-order valence-corrected chi connectivity index (χ3v) is 3.94. The molecule has 0 unspecified atom stereocenters. The molecule has 0 aromatic heterocycles. The number of anilines is 1. The molecule has 1 amide bonds. The van der Waals surface area contributed by atoms with E-state index in [1.54, 1.807) is 42.7 Å². The van der Waals surface area contributed by atoms with Crippen molar-refractivity contribution in [2.75, 3.05) is 25.8 Å². The number of hydrogen-bond donors (Lipinski definition) is 2. The third-order valence-electron chi connectivity index (χ3n) is 3.36. The number of amidine groups is 1. The van der Waals surface area contributed by atoms with E-state index in [1.807, 2.05) is 12.3 Å². The predicted octanol–water partition coefficient (Wildman–Crippen LogP) is 3.38. The van der Waals surface area contributed by atoms with Gasteiger partial charge in [0.05, 0.1) is 19.9 Å². The SMILES string of the molecule is COc1cc(NC(=O)c2ccccc2)c(OC)cc1N=C(NC#N)SC.